The quantitative estimate of drug-likeness (QED) is 0.879. The highest BCUT2D eigenvalue weighted by Gasteiger charge is 2.53. The summed E-state index contributed by atoms with van der Waals surface area (Å²) >= 11 is 0. The van der Waals surface area contributed by atoms with Crippen LogP contribution in [0.25, 0.3) is 0 Å². The van der Waals surface area contributed by atoms with Gasteiger partial charge in [-0.15, -0.1) is 0 Å². The van der Waals surface area contributed by atoms with Gasteiger partial charge < -0.3 is 10.1 Å². The van der Waals surface area contributed by atoms with Crippen LogP contribution in [0.5, 0.6) is 5.75 Å². The minimum absolute atomic E-state index is 0.180. The lowest BCUT2D eigenvalue weighted by molar-refractivity contribution is -0.132. The summed E-state index contributed by atoms with van der Waals surface area (Å²) in [6.45, 7) is 5.89. The van der Waals surface area contributed by atoms with Gasteiger partial charge in [-0.25, -0.2) is 8.42 Å². The number of carbonyl (C=O) groups is 1. The molecule has 0 unspecified atom stereocenters. The zero-order chi connectivity index (χ0) is 19.4. The average molecular weight is 385 g/mol. The zero-order valence-corrected chi connectivity index (χ0v) is 16.4. The van der Waals surface area contributed by atoms with Crippen molar-refractivity contribution >= 4 is 15.7 Å². The molecule has 2 aliphatic rings. The van der Waals surface area contributed by atoms with Crippen LogP contribution in [0.15, 0.2) is 53.4 Å². The Morgan fingerprint density at radius 2 is 1.78 bits per heavy atom. The van der Waals surface area contributed by atoms with E-state index in [0.717, 1.165) is 11.1 Å². The van der Waals surface area contributed by atoms with E-state index < -0.39 is 32.6 Å². The number of amides is 1. The van der Waals surface area contributed by atoms with Crippen molar-refractivity contribution in [3.8, 4) is 5.75 Å². The fourth-order valence-electron chi connectivity index (χ4n) is 4.10. The Kier molecular flexibility index (Phi) is 4.07. The summed E-state index contributed by atoms with van der Waals surface area (Å²) in [4.78, 5) is 13.0. The van der Waals surface area contributed by atoms with Crippen molar-refractivity contribution in [1.29, 1.82) is 0 Å². The fraction of sp³-hybridized carbons (Fsp3) is 0.381. The van der Waals surface area contributed by atoms with Crippen molar-refractivity contribution < 1.29 is 17.9 Å². The van der Waals surface area contributed by atoms with Gasteiger partial charge in [-0.05, 0) is 42.2 Å². The van der Waals surface area contributed by atoms with Gasteiger partial charge in [0.15, 0.2) is 20.8 Å². The molecule has 3 atom stereocenters. The second kappa shape index (κ2) is 6.09. The maximum absolute atomic E-state index is 13.4. The van der Waals surface area contributed by atoms with Gasteiger partial charge in [-0.2, -0.15) is 0 Å². The highest BCUT2D eigenvalue weighted by Crippen LogP contribution is 2.47. The Bertz CT molecular complexity index is 997. The number of hydrogen-bond acceptors (Lipinski definition) is 4. The molecule has 2 aliphatic heterocycles. The molecule has 0 spiro atoms. The molecule has 0 saturated carbocycles. The lowest BCUT2D eigenvalue weighted by atomic mass is 9.81. The number of hydrogen-bond donors (Lipinski definition) is 1. The van der Waals surface area contributed by atoms with Crippen LogP contribution >= 0.6 is 0 Å². The third-order valence-electron chi connectivity index (χ3n) is 5.48. The fourth-order valence-corrected chi connectivity index (χ4v) is 5.93. The topological polar surface area (TPSA) is 72.5 Å². The molecule has 27 heavy (non-hydrogen) atoms. The monoisotopic (exact) mass is 385 g/mol. The minimum Gasteiger partial charge on any atom is -0.468 e. The number of benzene rings is 2. The molecule has 1 N–H and O–H groups in total. The SMILES string of the molecule is CC(C)c1ccc(S(=O)(=O)[C@@H]2C(=O)N[C@]3(C)C[C@H]2c2ccccc2O3)cc1. The predicted octanol–water partition coefficient (Wildman–Crippen LogP) is 3.36. The van der Waals surface area contributed by atoms with Gasteiger partial charge in [0.1, 0.15) is 5.75 Å². The molecule has 4 rings (SSSR count). The highest BCUT2D eigenvalue weighted by molar-refractivity contribution is 7.92. The molecule has 2 heterocycles. The maximum Gasteiger partial charge on any atom is 0.242 e. The first kappa shape index (κ1) is 18.0. The third kappa shape index (κ3) is 2.92. The van der Waals surface area contributed by atoms with Crippen LogP contribution in [0.1, 0.15) is 50.2 Å². The van der Waals surface area contributed by atoms with Crippen LogP contribution in [0.4, 0.5) is 0 Å². The molecule has 5 nitrogen and oxygen atoms in total. The molecule has 1 amide bonds. The van der Waals surface area contributed by atoms with Gasteiger partial charge in [0.05, 0.1) is 4.90 Å². The number of para-hydroxylation sites is 1. The molecular formula is C21H23NO4S. The Morgan fingerprint density at radius 1 is 1.11 bits per heavy atom. The number of fused-ring (bicyclic) bond motifs is 4. The van der Waals surface area contributed by atoms with Crippen molar-refractivity contribution in [3.63, 3.8) is 0 Å². The van der Waals surface area contributed by atoms with Crippen LogP contribution < -0.4 is 10.1 Å². The summed E-state index contributed by atoms with van der Waals surface area (Å²) in [7, 11) is -3.84. The summed E-state index contributed by atoms with van der Waals surface area (Å²) in [5, 5.41) is 1.61. The van der Waals surface area contributed by atoms with Gasteiger partial charge in [-0.1, -0.05) is 44.2 Å². The summed E-state index contributed by atoms with van der Waals surface area (Å²) in [5.74, 6) is -0.00548. The number of sulfone groups is 1. The largest absolute Gasteiger partial charge is 0.468 e. The lowest BCUT2D eigenvalue weighted by Crippen LogP contribution is -2.63. The van der Waals surface area contributed by atoms with E-state index in [9.17, 15) is 13.2 Å². The predicted molar refractivity (Wildman–Crippen MR) is 102 cm³/mol. The van der Waals surface area contributed by atoms with E-state index in [1.807, 2.05) is 36.4 Å². The van der Waals surface area contributed by atoms with E-state index in [1.54, 1.807) is 19.1 Å². The van der Waals surface area contributed by atoms with Crippen molar-refractivity contribution in [3.05, 3.63) is 59.7 Å². The normalized spacial score (nSPS) is 26.9. The van der Waals surface area contributed by atoms with E-state index in [4.69, 9.17) is 4.74 Å². The second-order valence-electron chi connectivity index (χ2n) is 7.86. The Hall–Kier alpha value is -2.34. The molecule has 2 aromatic carbocycles. The zero-order valence-electron chi connectivity index (χ0n) is 15.6. The van der Waals surface area contributed by atoms with E-state index in [1.165, 1.54) is 0 Å². The van der Waals surface area contributed by atoms with Crippen LogP contribution in [0.2, 0.25) is 0 Å². The first-order valence-electron chi connectivity index (χ1n) is 9.15. The van der Waals surface area contributed by atoms with Gasteiger partial charge in [0, 0.05) is 12.3 Å². The molecule has 0 aliphatic carbocycles. The molecule has 2 bridgehead atoms. The lowest BCUT2D eigenvalue weighted by Gasteiger charge is -2.46. The van der Waals surface area contributed by atoms with Gasteiger partial charge >= 0.3 is 0 Å². The average Bonchev–Trinajstić information content (AvgIpc) is 2.60. The van der Waals surface area contributed by atoms with Crippen molar-refractivity contribution in [2.45, 2.75) is 54.9 Å². The molecule has 1 saturated heterocycles. The Morgan fingerprint density at radius 3 is 2.44 bits per heavy atom. The Labute approximate surface area is 159 Å². The number of nitrogens with one attached hydrogen (secondary N) is 1. The van der Waals surface area contributed by atoms with E-state index >= 15 is 0 Å². The first-order valence-corrected chi connectivity index (χ1v) is 10.7. The Balaban J connectivity index is 1.79. The van der Waals surface area contributed by atoms with Crippen LogP contribution in [0.3, 0.4) is 0 Å². The van der Waals surface area contributed by atoms with Crippen LogP contribution in [0, 0.1) is 0 Å². The summed E-state index contributed by atoms with van der Waals surface area (Å²) in [6.07, 6.45) is 0.420. The summed E-state index contributed by atoms with van der Waals surface area (Å²) in [5.41, 5.74) is 0.951. The molecule has 142 valence electrons. The van der Waals surface area contributed by atoms with Crippen LogP contribution in [-0.2, 0) is 14.6 Å². The smallest absolute Gasteiger partial charge is 0.242 e. The molecule has 0 radical (unpaired) electrons. The minimum atomic E-state index is -3.84. The van der Waals surface area contributed by atoms with Crippen molar-refractivity contribution in [2.75, 3.05) is 0 Å². The number of piperidine rings is 1. The van der Waals surface area contributed by atoms with E-state index in [-0.39, 0.29) is 4.90 Å². The number of carbonyl (C=O) groups excluding carboxylic acids is 1. The van der Waals surface area contributed by atoms with E-state index in [2.05, 4.69) is 19.2 Å². The van der Waals surface area contributed by atoms with Gasteiger partial charge in [0.25, 0.3) is 0 Å². The van der Waals surface area contributed by atoms with Gasteiger partial charge in [0.2, 0.25) is 5.91 Å². The molecule has 1 fully saturated rings. The summed E-state index contributed by atoms with van der Waals surface area (Å²) in [6, 6.07) is 14.2. The van der Waals surface area contributed by atoms with Crippen molar-refractivity contribution in [1.82, 2.24) is 5.32 Å². The van der Waals surface area contributed by atoms with E-state index in [0.29, 0.717) is 18.1 Å². The number of rotatable bonds is 3. The third-order valence-corrected chi connectivity index (χ3v) is 7.62. The summed E-state index contributed by atoms with van der Waals surface area (Å²) < 4.78 is 32.7. The highest BCUT2D eigenvalue weighted by atomic mass is 32.2. The molecule has 6 heteroatoms. The second-order valence-corrected chi connectivity index (χ2v) is 9.93. The van der Waals surface area contributed by atoms with Gasteiger partial charge in [-0.3, -0.25) is 4.79 Å². The maximum atomic E-state index is 13.4. The molecule has 0 aromatic heterocycles. The number of ether oxygens (including phenoxy) is 1. The molecule has 2 aromatic rings. The van der Waals surface area contributed by atoms with Crippen LogP contribution in [-0.4, -0.2) is 25.3 Å². The molecular weight excluding hydrogens is 362 g/mol. The standard InChI is InChI=1S/C21H23NO4S/c1-13(2)14-8-10-15(11-9-14)27(24,25)19-17-12-21(3,22-20(19)23)26-18-7-5-4-6-16(17)18/h4-11,13,17,19H,12H2,1-3H3,(H,22,23)/t17-,19-,21-/m0/s1. The van der Waals surface area contributed by atoms with Crippen molar-refractivity contribution in [2.24, 2.45) is 0 Å². The first-order chi connectivity index (χ1) is 12.7.